The van der Waals surface area contributed by atoms with E-state index in [2.05, 4.69) is 16.9 Å². The van der Waals surface area contributed by atoms with E-state index >= 15 is 0 Å². The fraction of sp³-hybridized carbons (Fsp3) is 0.476. The fourth-order valence-corrected chi connectivity index (χ4v) is 3.63. The molecule has 0 radical (unpaired) electrons. The van der Waals surface area contributed by atoms with Crippen molar-refractivity contribution in [1.82, 2.24) is 19.4 Å². The fourth-order valence-electron chi connectivity index (χ4n) is 3.63. The highest BCUT2D eigenvalue weighted by Gasteiger charge is 2.25. The lowest BCUT2D eigenvalue weighted by Gasteiger charge is -2.33. The number of hydrogen-bond donors (Lipinski definition) is 1. The molecule has 1 aromatic heterocycles. The molecule has 3 rings (SSSR count). The third-order valence-electron chi connectivity index (χ3n) is 5.46. The molecule has 2 aromatic rings. The number of aromatic nitrogens is 2. The van der Waals surface area contributed by atoms with Crippen LogP contribution in [0, 0.1) is 5.92 Å². The minimum absolute atomic E-state index is 0.0167. The molecule has 0 spiro atoms. The van der Waals surface area contributed by atoms with E-state index in [-0.39, 0.29) is 11.5 Å². The minimum atomic E-state index is -0.624. The summed E-state index contributed by atoms with van der Waals surface area (Å²) in [5.74, 6) is 0.106. The van der Waals surface area contributed by atoms with Crippen LogP contribution in [-0.4, -0.2) is 58.5 Å². The van der Waals surface area contributed by atoms with Gasteiger partial charge in [-0.15, -0.1) is 0 Å². The molecule has 1 fully saturated rings. The van der Waals surface area contributed by atoms with Gasteiger partial charge in [0, 0.05) is 26.3 Å². The number of aryl methyl sites for hydroxylation is 1. The molecule has 1 N–H and O–H groups in total. The normalized spacial score (nSPS) is 15.5. The van der Waals surface area contributed by atoms with E-state index in [1.807, 2.05) is 30.3 Å². The van der Waals surface area contributed by atoms with E-state index in [0.717, 1.165) is 37.9 Å². The number of aromatic amines is 1. The van der Waals surface area contributed by atoms with Crippen molar-refractivity contribution < 1.29 is 4.79 Å². The molecule has 0 aliphatic carbocycles. The van der Waals surface area contributed by atoms with Gasteiger partial charge in [-0.05, 0) is 50.9 Å². The number of nitrogens with one attached hydrogen (secondary N) is 1. The van der Waals surface area contributed by atoms with Gasteiger partial charge in [-0.1, -0.05) is 30.3 Å². The van der Waals surface area contributed by atoms with E-state index in [9.17, 15) is 14.4 Å². The molecule has 1 aliphatic heterocycles. The number of hydrogen-bond acceptors (Lipinski definition) is 4. The molecular formula is C21H28N4O3. The van der Waals surface area contributed by atoms with Crippen molar-refractivity contribution in [2.75, 3.05) is 33.2 Å². The predicted molar refractivity (Wildman–Crippen MR) is 109 cm³/mol. The van der Waals surface area contributed by atoms with Gasteiger partial charge >= 0.3 is 5.69 Å². The summed E-state index contributed by atoms with van der Waals surface area (Å²) in [6, 6.07) is 10.0. The van der Waals surface area contributed by atoms with Crippen LogP contribution in [0.5, 0.6) is 0 Å². The number of benzene rings is 1. The SMILES string of the molecule is CN1CCC(CN(CCc2ccccc2)C(=O)c2cn(C)c(=O)[nH]c2=O)CC1. The first kappa shape index (κ1) is 20.1. The summed E-state index contributed by atoms with van der Waals surface area (Å²) in [6.07, 6.45) is 4.14. The van der Waals surface area contributed by atoms with Gasteiger partial charge in [0.05, 0.1) is 0 Å². The van der Waals surface area contributed by atoms with Crippen molar-refractivity contribution in [3.63, 3.8) is 0 Å². The van der Waals surface area contributed by atoms with Crippen LogP contribution in [0.2, 0.25) is 0 Å². The Morgan fingerprint density at radius 1 is 1.14 bits per heavy atom. The van der Waals surface area contributed by atoms with Crippen LogP contribution in [-0.2, 0) is 13.5 Å². The quantitative estimate of drug-likeness (QED) is 0.809. The molecule has 1 aliphatic rings. The highest BCUT2D eigenvalue weighted by Crippen LogP contribution is 2.18. The van der Waals surface area contributed by atoms with E-state index in [1.165, 1.54) is 17.8 Å². The molecule has 7 nitrogen and oxygen atoms in total. The monoisotopic (exact) mass is 384 g/mol. The van der Waals surface area contributed by atoms with Crippen LogP contribution in [0.25, 0.3) is 0 Å². The van der Waals surface area contributed by atoms with E-state index in [4.69, 9.17) is 0 Å². The Kier molecular flexibility index (Phi) is 6.46. The molecule has 28 heavy (non-hydrogen) atoms. The molecule has 2 heterocycles. The maximum atomic E-state index is 13.2. The van der Waals surface area contributed by atoms with Crippen molar-refractivity contribution in [1.29, 1.82) is 0 Å². The summed E-state index contributed by atoms with van der Waals surface area (Å²) in [7, 11) is 3.64. The van der Waals surface area contributed by atoms with Crippen molar-refractivity contribution >= 4 is 5.91 Å². The molecule has 7 heteroatoms. The van der Waals surface area contributed by atoms with Gasteiger partial charge in [0.15, 0.2) is 0 Å². The lowest BCUT2D eigenvalue weighted by Crippen LogP contribution is -2.43. The van der Waals surface area contributed by atoms with Gasteiger partial charge in [-0.2, -0.15) is 0 Å². The largest absolute Gasteiger partial charge is 0.338 e. The number of nitrogens with zero attached hydrogens (tertiary/aromatic N) is 3. The second-order valence-electron chi connectivity index (χ2n) is 7.65. The number of piperidine rings is 1. The Hall–Kier alpha value is -2.67. The number of likely N-dealkylation sites (tertiary alicyclic amines) is 1. The zero-order valence-corrected chi connectivity index (χ0v) is 16.6. The van der Waals surface area contributed by atoms with Gasteiger partial charge in [0.2, 0.25) is 0 Å². The van der Waals surface area contributed by atoms with Crippen LogP contribution in [0.3, 0.4) is 0 Å². The van der Waals surface area contributed by atoms with Crippen molar-refractivity contribution in [3.05, 3.63) is 68.5 Å². The Morgan fingerprint density at radius 3 is 2.50 bits per heavy atom. The Bertz CT molecular complexity index is 911. The second-order valence-corrected chi connectivity index (χ2v) is 7.65. The first-order valence-electron chi connectivity index (χ1n) is 9.75. The van der Waals surface area contributed by atoms with Gasteiger partial charge in [0.25, 0.3) is 11.5 Å². The highest BCUT2D eigenvalue weighted by atomic mass is 16.2. The van der Waals surface area contributed by atoms with Crippen molar-refractivity contribution in [2.24, 2.45) is 13.0 Å². The molecule has 0 unspecified atom stereocenters. The maximum absolute atomic E-state index is 13.2. The maximum Gasteiger partial charge on any atom is 0.328 e. The Labute approximate surface area is 164 Å². The third kappa shape index (κ3) is 4.98. The van der Waals surface area contributed by atoms with Gasteiger partial charge in [-0.25, -0.2) is 4.79 Å². The average Bonchev–Trinajstić information content (AvgIpc) is 2.69. The molecular weight excluding hydrogens is 356 g/mol. The molecule has 150 valence electrons. The van der Waals surface area contributed by atoms with E-state index in [1.54, 1.807) is 4.90 Å². The Balaban J connectivity index is 1.80. The second kappa shape index (κ2) is 9.01. The molecule has 1 saturated heterocycles. The Morgan fingerprint density at radius 2 is 1.82 bits per heavy atom. The van der Waals surface area contributed by atoms with Crippen LogP contribution in [0.15, 0.2) is 46.1 Å². The van der Waals surface area contributed by atoms with Crippen LogP contribution < -0.4 is 11.2 Å². The number of rotatable bonds is 6. The summed E-state index contributed by atoms with van der Waals surface area (Å²) < 4.78 is 1.24. The van der Waals surface area contributed by atoms with Gasteiger partial charge < -0.3 is 14.4 Å². The highest BCUT2D eigenvalue weighted by molar-refractivity contribution is 5.93. The van der Waals surface area contributed by atoms with E-state index < -0.39 is 11.2 Å². The standard InChI is InChI=1S/C21H28N4O3/c1-23-11-8-17(9-12-23)14-25(13-10-16-6-4-3-5-7-16)20(27)18-15-24(2)21(28)22-19(18)26/h3-7,15,17H,8-14H2,1-2H3,(H,22,26,28). The summed E-state index contributed by atoms with van der Waals surface area (Å²) in [6.45, 7) is 3.21. The molecule has 0 bridgehead atoms. The lowest BCUT2D eigenvalue weighted by molar-refractivity contribution is 0.0697. The van der Waals surface area contributed by atoms with Crippen LogP contribution in [0.1, 0.15) is 28.8 Å². The number of H-pyrrole nitrogens is 1. The number of carbonyl (C=O) groups excluding carboxylic acids is 1. The minimum Gasteiger partial charge on any atom is -0.338 e. The number of amides is 1. The number of carbonyl (C=O) groups is 1. The first-order valence-corrected chi connectivity index (χ1v) is 9.75. The summed E-state index contributed by atoms with van der Waals surface area (Å²) in [4.78, 5) is 43.3. The summed E-state index contributed by atoms with van der Waals surface area (Å²) in [5.41, 5.74) is 0.0232. The molecule has 0 atom stereocenters. The van der Waals surface area contributed by atoms with Gasteiger partial charge in [-0.3, -0.25) is 14.6 Å². The average molecular weight is 384 g/mol. The van der Waals surface area contributed by atoms with Crippen molar-refractivity contribution in [3.8, 4) is 0 Å². The molecule has 0 saturated carbocycles. The van der Waals surface area contributed by atoms with Gasteiger partial charge in [0.1, 0.15) is 5.56 Å². The zero-order chi connectivity index (χ0) is 20.1. The first-order chi connectivity index (χ1) is 13.4. The molecule has 1 amide bonds. The van der Waals surface area contributed by atoms with E-state index in [0.29, 0.717) is 19.0 Å². The lowest BCUT2D eigenvalue weighted by atomic mass is 9.96. The van der Waals surface area contributed by atoms with Crippen LogP contribution in [0.4, 0.5) is 0 Å². The third-order valence-corrected chi connectivity index (χ3v) is 5.46. The topological polar surface area (TPSA) is 78.4 Å². The molecule has 1 aromatic carbocycles. The predicted octanol–water partition coefficient (Wildman–Crippen LogP) is 1.10. The summed E-state index contributed by atoms with van der Waals surface area (Å²) >= 11 is 0. The summed E-state index contributed by atoms with van der Waals surface area (Å²) in [5, 5.41) is 0. The van der Waals surface area contributed by atoms with Crippen LogP contribution >= 0.6 is 0 Å². The smallest absolute Gasteiger partial charge is 0.328 e. The van der Waals surface area contributed by atoms with Crippen molar-refractivity contribution in [2.45, 2.75) is 19.3 Å². The zero-order valence-electron chi connectivity index (χ0n) is 16.6.